The molecule has 0 saturated heterocycles. The van der Waals surface area contributed by atoms with E-state index in [1.54, 1.807) is 0 Å². The summed E-state index contributed by atoms with van der Waals surface area (Å²) >= 11 is 0. The zero-order chi connectivity index (χ0) is 12.9. The van der Waals surface area contributed by atoms with E-state index in [9.17, 15) is 9.90 Å². The van der Waals surface area contributed by atoms with Crippen LogP contribution in [-0.2, 0) is 13.0 Å². The lowest BCUT2D eigenvalue weighted by Crippen LogP contribution is -2.19. The molecule has 1 aromatic heterocycles. The van der Waals surface area contributed by atoms with Gasteiger partial charge in [-0.2, -0.15) is 0 Å². The minimum Gasteiger partial charge on any atom is -0.475 e. The number of aromatic carboxylic acids is 1. The summed E-state index contributed by atoms with van der Waals surface area (Å²) in [5.74, 6) is -0.897. The van der Waals surface area contributed by atoms with Crippen molar-refractivity contribution in [1.82, 2.24) is 4.90 Å². The highest BCUT2D eigenvalue weighted by Crippen LogP contribution is 2.34. The molecule has 4 heteroatoms. The highest BCUT2D eigenvalue weighted by molar-refractivity contribution is 5.97. The summed E-state index contributed by atoms with van der Waals surface area (Å²) in [7, 11) is 2.01. The van der Waals surface area contributed by atoms with Gasteiger partial charge in [0.25, 0.3) is 0 Å². The number of likely N-dealkylation sites (N-methyl/N-ethyl adjacent to an activating group) is 1. The van der Waals surface area contributed by atoms with Crippen molar-refractivity contribution in [3.8, 4) is 0 Å². The van der Waals surface area contributed by atoms with Gasteiger partial charge < -0.3 is 14.4 Å². The predicted octanol–water partition coefficient (Wildman–Crippen LogP) is 2.43. The van der Waals surface area contributed by atoms with E-state index in [0.29, 0.717) is 12.1 Å². The Morgan fingerprint density at radius 3 is 2.89 bits per heavy atom. The molecule has 2 heterocycles. The summed E-state index contributed by atoms with van der Waals surface area (Å²) < 4.78 is 5.50. The van der Waals surface area contributed by atoms with Crippen LogP contribution in [0.2, 0.25) is 0 Å². The van der Waals surface area contributed by atoms with E-state index in [4.69, 9.17) is 4.42 Å². The molecule has 1 aliphatic heterocycles. The van der Waals surface area contributed by atoms with Crippen molar-refractivity contribution in [1.29, 1.82) is 0 Å². The van der Waals surface area contributed by atoms with Gasteiger partial charge in [-0.05, 0) is 37.6 Å². The second-order valence-electron chi connectivity index (χ2n) is 4.94. The fraction of sp³-hybridized carbons (Fsp3) is 0.357. The average molecular weight is 245 g/mol. The quantitative estimate of drug-likeness (QED) is 0.838. The predicted molar refractivity (Wildman–Crippen MR) is 67.9 cm³/mol. The molecular weight excluding hydrogens is 230 g/mol. The van der Waals surface area contributed by atoms with Gasteiger partial charge in [-0.25, -0.2) is 4.79 Å². The largest absolute Gasteiger partial charge is 0.475 e. The van der Waals surface area contributed by atoms with Crippen LogP contribution in [0.15, 0.2) is 16.5 Å². The summed E-state index contributed by atoms with van der Waals surface area (Å²) in [6.45, 7) is 3.64. The molecular formula is C14H15NO3. The zero-order valence-electron chi connectivity index (χ0n) is 10.5. The molecule has 0 radical (unpaired) electrons. The van der Waals surface area contributed by atoms with Crippen molar-refractivity contribution in [3.05, 3.63) is 34.6 Å². The highest BCUT2D eigenvalue weighted by atomic mass is 16.4. The Morgan fingerprint density at radius 2 is 2.17 bits per heavy atom. The molecule has 3 rings (SSSR count). The molecule has 0 unspecified atom stereocenters. The summed E-state index contributed by atoms with van der Waals surface area (Å²) in [4.78, 5) is 13.4. The van der Waals surface area contributed by atoms with Gasteiger partial charge >= 0.3 is 5.97 Å². The van der Waals surface area contributed by atoms with Gasteiger partial charge in [-0.3, -0.25) is 0 Å². The van der Waals surface area contributed by atoms with Gasteiger partial charge in [0.15, 0.2) is 0 Å². The fourth-order valence-corrected chi connectivity index (χ4v) is 2.73. The number of carboxylic acids is 1. The van der Waals surface area contributed by atoms with Crippen LogP contribution in [0.25, 0.3) is 11.0 Å². The minimum atomic E-state index is -0.986. The maximum atomic E-state index is 11.3. The van der Waals surface area contributed by atoms with Crippen molar-refractivity contribution >= 4 is 16.9 Å². The van der Waals surface area contributed by atoms with Gasteiger partial charge in [-0.15, -0.1) is 0 Å². The number of furan rings is 1. The molecule has 0 fully saturated rings. The number of carboxylic acid groups (broad SMARTS) is 1. The number of benzene rings is 1. The van der Waals surface area contributed by atoms with Crippen molar-refractivity contribution in [2.75, 3.05) is 13.6 Å². The molecule has 1 aromatic carbocycles. The number of rotatable bonds is 1. The second kappa shape index (κ2) is 3.85. The first kappa shape index (κ1) is 11.3. The SMILES string of the molecule is Cc1ccc2oc(C(=O)O)c3c2c1CCN(C)C3. The van der Waals surface area contributed by atoms with Crippen LogP contribution in [0.1, 0.15) is 27.2 Å². The molecule has 2 aromatic rings. The molecule has 0 aliphatic carbocycles. The Kier molecular flexibility index (Phi) is 2.41. The van der Waals surface area contributed by atoms with Crippen LogP contribution in [0.5, 0.6) is 0 Å². The van der Waals surface area contributed by atoms with E-state index >= 15 is 0 Å². The third-order valence-corrected chi connectivity index (χ3v) is 3.66. The Morgan fingerprint density at radius 1 is 1.39 bits per heavy atom. The third kappa shape index (κ3) is 1.53. The van der Waals surface area contributed by atoms with Crippen LogP contribution in [0.4, 0.5) is 0 Å². The van der Waals surface area contributed by atoms with Crippen LogP contribution < -0.4 is 0 Å². The Bertz CT molecular complexity index is 642. The smallest absolute Gasteiger partial charge is 0.372 e. The van der Waals surface area contributed by atoms with Crippen LogP contribution >= 0.6 is 0 Å². The Labute approximate surface area is 105 Å². The standard InChI is InChI=1S/C14H15NO3/c1-8-3-4-11-12-9(8)5-6-15(2)7-10(12)13(18-11)14(16)17/h3-4H,5-7H2,1-2H3,(H,16,17). The van der Waals surface area contributed by atoms with Crippen LogP contribution in [0, 0.1) is 6.92 Å². The molecule has 4 nitrogen and oxygen atoms in total. The van der Waals surface area contributed by atoms with Gasteiger partial charge in [-0.1, -0.05) is 6.07 Å². The van der Waals surface area contributed by atoms with E-state index < -0.39 is 5.97 Å². The van der Waals surface area contributed by atoms with E-state index in [1.807, 2.05) is 19.2 Å². The van der Waals surface area contributed by atoms with Crippen molar-refractivity contribution in [3.63, 3.8) is 0 Å². The maximum absolute atomic E-state index is 11.3. The van der Waals surface area contributed by atoms with E-state index in [1.165, 1.54) is 11.1 Å². The van der Waals surface area contributed by atoms with Crippen molar-refractivity contribution < 1.29 is 14.3 Å². The summed E-state index contributed by atoms with van der Waals surface area (Å²) in [5, 5.41) is 10.3. The average Bonchev–Trinajstić information content (AvgIpc) is 2.57. The normalized spacial score (nSPS) is 15.9. The molecule has 18 heavy (non-hydrogen) atoms. The monoisotopic (exact) mass is 245 g/mol. The van der Waals surface area contributed by atoms with E-state index in [0.717, 1.165) is 23.9 Å². The van der Waals surface area contributed by atoms with Crippen molar-refractivity contribution in [2.24, 2.45) is 0 Å². The second-order valence-corrected chi connectivity index (χ2v) is 4.94. The first-order chi connectivity index (χ1) is 8.58. The van der Waals surface area contributed by atoms with Crippen molar-refractivity contribution in [2.45, 2.75) is 19.9 Å². The lowest BCUT2D eigenvalue weighted by molar-refractivity contribution is 0.0662. The molecule has 94 valence electrons. The first-order valence-electron chi connectivity index (χ1n) is 6.03. The molecule has 0 saturated carbocycles. The number of aryl methyl sites for hydroxylation is 1. The molecule has 0 bridgehead atoms. The van der Waals surface area contributed by atoms with Crippen LogP contribution in [0.3, 0.4) is 0 Å². The zero-order valence-corrected chi connectivity index (χ0v) is 10.5. The Balaban J connectivity index is 2.39. The number of carbonyl (C=O) groups is 1. The summed E-state index contributed by atoms with van der Waals surface area (Å²) in [6, 6.07) is 3.87. The summed E-state index contributed by atoms with van der Waals surface area (Å²) in [5.41, 5.74) is 3.94. The summed E-state index contributed by atoms with van der Waals surface area (Å²) in [6.07, 6.45) is 0.936. The first-order valence-corrected chi connectivity index (χ1v) is 6.03. The molecule has 0 atom stereocenters. The minimum absolute atomic E-state index is 0.0885. The van der Waals surface area contributed by atoms with E-state index in [2.05, 4.69) is 11.8 Å². The lowest BCUT2D eigenvalue weighted by atomic mass is 9.99. The number of hydrogen-bond donors (Lipinski definition) is 1. The maximum Gasteiger partial charge on any atom is 0.372 e. The van der Waals surface area contributed by atoms with Gasteiger partial charge in [0.1, 0.15) is 5.58 Å². The molecule has 1 N–H and O–H groups in total. The highest BCUT2D eigenvalue weighted by Gasteiger charge is 2.25. The number of nitrogens with zero attached hydrogens (tertiary/aromatic N) is 1. The Hall–Kier alpha value is -1.81. The lowest BCUT2D eigenvalue weighted by Gasteiger charge is -2.12. The topological polar surface area (TPSA) is 53.7 Å². The van der Waals surface area contributed by atoms with E-state index in [-0.39, 0.29) is 5.76 Å². The van der Waals surface area contributed by atoms with Gasteiger partial charge in [0.2, 0.25) is 5.76 Å². The third-order valence-electron chi connectivity index (χ3n) is 3.66. The fourth-order valence-electron chi connectivity index (χ4n) is 2.73. The van der Waals surface area contributed by atoms with Crippen LogP contribution in [-0.4, -0.2) is 29.6 Å². The molecule has 1 aliphatic rings. The van der Waals surface area contributed by atoms with Gasteiger partial charge in [0.05, 0.1) is 0 Å². The number of hydrogen-bond acceptors (Lipinski definition) is 3. The molecule has 0 amide bonds. The van der Waals surface area contributed by atoms with Gasteiger partial charge in [0, 0.05) is 24.0 Å². The molecule has 0 spiro atoms.